The van der Waals surface area contributed by atoms with Gasteiger partial charge in [-0.15, -0.1) is 0 Å². The lowest BCUT2D eigenvalue weighted by Gasteiger charge is -2.46. The molecule has 0 aromatic heterocycles. The summed E-state index contributed by atoms with van der Waals surface area (Å²) >= 11 is 0. The number of hydrogen-bond donors (Lipinski definition) is 0. The molecule has 5 aliphatic carbocycles. The SMILES string of the molecule is CCCCCCOC(C)(C)CC1(C)CCC2C(C1)C1CC13C1(CC(C)(C)OCCCCCC)CC213. The topological polar surface area (TPSA) is 18.5 Å². The Morgan fingerprint density at radius 3 is 1.91 bits per heavy atom. The molecule has 0 heterocycles. The number of unbranched alkanes of at least 4 members (excludes halogenated alkanes) is 6. The van der Waals surface area contributed by atoms with Gasteiger partial charge in [0.25, 0.3) is 0 Å². The zero-order valence-electron chi connectivity index (χ0n) is 24.6. The van der Waals surface area contributed by atoms with Crippen LogP contribution in [0.25, 0.3) is 0 Å². The molecule has 0 aromatic rings. The van der Waals surface area contributed by atoms with Gasteiger partial charge in [-0.3, -0.25) is 0 Å². The van der Waals surface area contributed by atoms with Crippen molar-refractivity contribution >= 4 is 0 Å². The molecule has 0 aliphatic heterocycles. The summed E-state index contributed by atoms with van der Waals surface area (Å²) in [6, 6.07) is 0. The van der Waals surface area contributed by atoms with Crippen molar-refractivity contribution in [3.05, 3.63) is 0 Å². The van der Waals surface area contributed by atoms with Gasteiger partial charge in [0.05, 0.1) is 11.2 Å². The van der Waals surface area contributed by atoms with Crippen molar-refractivity contribution in [1.29, 1.82) is 0 Å². The third-order valence-electron chi connectivity index (χ3n) is 11.9. The first-order valence-corrected chi connectivity index (χ1v) is 15.8. The number of fused-ring (bicyclic) bond motifs is 2. The maximum Gasteiger partial charge on any atom is 0.0632 e. The van der Waals surface area contributed by atoms with E-state index in [2.05, 4.69) is 48.5 Å². The fraction of sp³-hybridized carbons (Fsp3) is 1.00. The Kier molecular flexibility index (Phi) is 6.82. The van der Waals surface area contributed by atoms with E-state index in [9.17, 15) is 0 Å². The molecule has 0 amide bonds. The quantitative estimate of drug-likeness (QED) is 0.202. The molecule has 5 aliphatic rings. The van der Waals surface area contributed by atoms with Gasteiger partial charge in [0.1, 0.15) is 0 Å². The summed E-state index contributed by atoms with van der Waals surface area (Å²) in [5.74, 6) is 3.11. The summed E-state index contributed by atoms with van der Waals surface area (Å²) in [5.41, 5.74) is 2.78. The predicted octanol–water partition coefficient (Wildman–Crippen LogP) is 9.35. The molecule has 5 saturated carbocycles. The molecule has 2 nitrogen and oxygen atoms in total. The predicted molar refractivity (Wildman–Crippen MR) is 147 cm³/mol. The van der Waals surface area contributed by atoms with Crippen LogP contribution in [0, 0.1) is 39.4 Å². The summed E-state index contributed by atoms with van der Waals surface area (Å²) in [7, 11) is 0. The van der Waals surface area contributed by atoms with Crippen molar-refractivity contribution in [3.8, 4) is 0 Å². The Balaban J connectivity index is 1.13. The van der Waals surface area contributed by atoms with E-state index in [1.54, 1.807) is 12.8 Å². The highest BCUT2D eigenvalue weighted by Crippen LogP contribution is 3.15. The van der Waals surface area contributed by atoms with E-state index in [1.165, 1.54) is 83.5 Å². The van der Waals surface area contributed by atoms with Crippen molar-refractivity contribution in [2.24, 2.45) is 39.4 Å². The minimum Gasteiger partial charge on any atom is -0.376 e. The monoisotopic (exact) mass is 486 g/mol. The van der Waals surface area contributed by atoms with Crippen molar-refractivity contribution in [2.45, 2.75) is 156 Å². The van der Waals surface area contributed by atoms with Crippen LogP contribution in [0.1, 0.15) is 145 Å². The summed E-state index contributed by atoms with van der Waals surface area (Å²) in [5, 5.41) is 0. The van der Waals surface area contributed by atoms with E-state index < -0.39 is 0 Å². The van der Waals surface area contributed by atoms with Gasteiger partial charge in [0.15, 0.2) is 0 Å². The van der Waals surface area contributed by atoms with Crippen molar-refractivity contribution in [2.75, 3.05) is 13.2 Å². The second kappa shape index (κ2) is 9.00. The van der Waals surface area contributed by atoms with Gasteiger partial charge in [0, 0.05) is 13.2 Å². The molecule has 202 valence electrons. The van der Waals surface area contributed by atoms with E-state index in [4.69, 9.17) is 9.47 Å². The van der Waals surface area contributed by atoms with Gasteiger partial charge in [-0.05, 0) is 125 Å². The summed E-state index contributed by atoms with van der Waals surface area (Å²) in [6.45, 7) is 18.6. The maximum atomic E-state index is 6.51. The Labute approximate surface area is 218 Å². The third-order valence-corrected chi connectivity index (χ3v) is 11.9. The first-order valence-electron chi connectivity index (χ1n) is 15.8. The lowest BCUT2D eigenvalue weighted by atomic mass is 9.61. The number of rotatable bonds is 16. The Morgan fingerprint density at radius 1 is 0.714 bits per heavy atom. The molecule has 0 bridgehead atoms. The van der Waals surface area contributed by atoms with Gasteiger partial charge in [0.2, 0.25) is 0 Å². The zero-order valence-corrected chi connectivity index (χ0v) is 24.6. The van der Waals surface area contributed by atoms with Gasteiger partial charge in [-0.1, -0.05) is 59.3 Å². The molecule has 2 spiro atoms. The average molecular weight is 487 g/mol. The molecule has 35 heavy (non-hydrogen) atoms. The van der Waals surface area contributed by atoms with Crippen LogP contribution in [0.4, 0.5) is 0 Å². The van der Waals surface area contributed by atoms with Crippen LogP contribution < -0.4 is 0 Å². The molecule has 2 heteroatoms. The smallest absolute Gasteiger partial charge is 0.0632 e. The summed E-state index contributed by atoms with van der Waals surface area (Å²) < 4.78 is 13.0. The van der Waals surface area contributed by atoms with E-state index in [-0.39, 0.29) is 11.2 Å². The van der Waals surface area contributed by atoms with Gasteiger partial charge in [-0.2, -0.15) is 0 Å². The molecule has 5 fully saturated rings. The maximum absolute atomic E-state index is 6.51. The highest BCUT2D eigenvalue weighted by atomic mass is 16.5. The van der Waals surface area contributed by atoms with Crippen LogP contribution in [0.2, 0.25) is 0 Å². The number of ether oxygens (including phenoxy) is 2. The lowest BCUT2D eigenvalue weighted by molar-refractivity contribution is -0.0673. The molecule has 0 aromatic carbocycles. The number of hydrogen-bond acceptors (Lipinski definition) is 2. The molecule has 0 saturated heterocycles. The Morgan fingerprint density at radius 2 is 1.31 bits per heavy atom. The Bertz CT molecular complexity index is 771. The molecule has 0 N–H and O–H groups in total. The van der Waals surface area contributed by atoms with Crippen molar-refractivity contribution < 1.29 is 9.47 Å². The normalized spacial score (nSPS) is 42.8. The van der Waals surface area contributed by atoms with Gasteiger partial charge >= 0.3 is 0 Å². The highest BCUT2D eigenvalue weighted by molar-refractivity contribution is 5.57. The van der Waals surface area contributed by atoms with E-state index in [0.717, 1.165) is 41.8 Å². The Hall–Kier alpha value is -0.0800. The second-order valence-corrected chi connectivity index (χ2v) is 15.5. The molecule has 7 unspecified atom stereocenters. The van der Waals surface area contributed by atoms with Crippen LogP contribution >= 0.6 is 0 Å². The summed E-state index contributed by atoms with van der Waals surface area (Å²) in [6.07, 6.45) is 20.5. The second-order valence-electron chi connectivity index (χ2n) is 15.5. The van der Waals surface area contributed by atoms with E-state index >= 15 is 0 Å². The van der Waals surface area contributed by atoms with E-state index in [0.29, 0.717) is 10.8 Å². The highest BCUT2D eigenvalue weighted by Gasteiger charge is 3.10. The van der Waals surface area contributed by atoms with Crippen LogP contribution in [-0.4, -0.2) is 24.4 Å². The molecule has 5 rings (SSSR count). The van der Waals surface area contributed by atoms with Crippen LogP contribution in [0.15, 0.2) is 0 Å². The van der Waals surface area contributed by atoms with E-state index in [1.807, 2.05) is 0 Å². The standard InChI is InChI=1S/C33H58O2/c1-8-10-12-14-18-34-28(3,4)22-30(7)17-16-26-25(20-30)27-21-32(27)31(24-33(26,31)32)23-29(5,6)35-19-15-13-11-9-2/h25-27H,8-24H2,1-7H3. The van der Waals surface area contributed by atoms with Gasteiger partial charge < -0.3 is 9.47 Å². The van der Waals surface area contributed by atoms with Crippen LogP contribution in [0.3, 0.4) is 0 Å². The molecular formula is C33H58O2. The third kappa shape index (κ3) is 4.18. The minimum absolute atomic E-state index is 0.0245. The first kappa shape index (κ1) is 26.5. The molecule has 7 atom stereocenters. The van der Waals surface area contributed by atoms with Crippen molar-refractivity contribution in [3.63, 3.8) is 0 Å². The van der Waals surface area contributed by atoms with Gasteiger partial charge in [-0.25, -0.2) is 0 Å². The summed E-state index contributed by atoms with van der Waals surface area (Å²) in [4.78, 5) is 0. The fourth-order valence-electron chi connectivity index (χ4n) is 11.0. The van der Waals surface area contributed by atoms with Crippen LogP contribution in [0.5, 0.6) is 0 Å². The molecular weight excluding hydrogens is 428 g/mol. The average Bonchev–Trinajstić information content (AvgIpc) is 3.68. The largest absolute Gasteiger partial charge is 0.376 e. The minimum atomic E-state index is 0.0245. The van der Waals surface area contributed by atoms with Crippen LogP contribution in [-0.2, 0) is 9.47 Å². The zero-order chi connectivity index (χ0) is 25.2. The fourth-order valence-corrected chi connectivity index (χ4v) is 11.0. The first-order chi connectivity index (χ1) is 16.5. The van der Waals surface area contributed by atoms with Crippen molar-refractivity contribution in [1.82, 2.24) is 0 Å². The lowest BCUT2D eigenvalue weighted by Crippen LogP contribution is -2.39. The molecule has 0 radical (unpaired) electrons.